The molecule has 0 aliphatic rings. The van der Waals surface area contributed by atoms with Gasteiger partial charge in [-0.25, -0.2) is 0 Å². The molecule has 0 heterocycles. The lowest BCUT2D eigenvalue weighted by molar-refractivity contribution is -0.141. The third kappa shape index (κ3) is 3.72. The molecule has 0 fully saturated rings. The lowest BCUT2D eigenvalue weighted by Gasteiger charge is -2.12. The third-order valence-corrected chi connectivity index (χ3v) is 2.20. The minimum Gasteiger partial charge on any atom is -0.508 e. The van der Waals surface area contributed by atoms with Crippen LogP contribution in [0.3, 0.4) is 0 Å². The van der Waals surface area contributed by atoms with E-state index in [2.05, 4.69) is 4.74 Å². The predicted octanol–water partition coefficient (Wildman–Crippen LogP) is 1.69. The van der Waals surface area contributed by atoms with Gasteiger partial charge in [-0.15, -0.1) is 12.4 Å². The normalized spacial score (nSPS) is 11.4. The van der Waals surface area contributed by atoms with Crippen LogP contribution in [0, 0.1) is 6.92 Å². The topological polar surface area (TPSA) is 72.5 Å². The van der Waals surface area contributed by atoms with Crippen molar-refractivity contribution in [1.29, 1.82) is 0 Å². The van der Waals surface area contributed by atoms with Crippen molar-refractivity contribution in [2.45, 2.75) is 19.4 Å². The summed E-state index contributed by atoms with van der Waals surface area (Å²) >= 11 is 0. The molecular weight excluding hydrogens is 230 g/mol. The summed E-state index contributed by atoms with van der Waals surface area (Å²) in [5, 5.41) is 9.56. The van der Waals surface area contributed by atoms with E-state index < -0.39 is 6.04 Å². The van der Waals surface area contributed by atoms with Gasteiger partial charge in [0.2, 0.25) is 0 Å². The maximum atomic E-state index is 11.0. The van der Waals surface area contributed by atoms with Crippen molar-refractivity contribution in [2.24, 2.45) is 5.73 Å². The molecule has 0 amide bonds. The number of hydrogen-bond acceptors (Lipinski definition) is 4. The van der Waals surface area contributed by atoms with Gasteiger partial charge in [0.1, 0.15) is 5.75 Å². The van der Waals surface area contributed by atoms with Crippen molar-refractivity contribution in [1.82, 2.24) is 0 Å². The number of nitrogens with two attached hydrogens (primary N) is 1. The fraction of sp³-hybridized carbons (Fsp3) is 0.364. The average molecular weight is 246 g/mol. The first-order chi connectivity index (χ1) is 7.04. The van der Waals surface area contributed by atoms with E-state index in [9.17, 15) is 9.90 Å². The summed E-state index contributed by atoms with van der Waals surface area (Å²) in [7, 11) is 1.31. The Morgan fingerprint density at radius 3 is 2.75 bits per heavy atom. The Labute approximate surface area is 101 Å². The molecule has 1 atom stereocenters. The molecule has 16 heavy (non-hydrogen) atoms. The number of benzene rings is 1. The Balaban J connectivity index is 0.00000225. The van der Waals surface area contributed by atoms with Gasteiger partial charge in [-0.05, 0) is 13.0 Å². The number of hydrogen-bond donors (Lipinski definition) is 2. The number of carbonyl (C=O) groups is 1. The number of esters is 1. The van der Waals surface area contributed by atoms with Crippen LogP contribution >= 0.6 is 12.4 Å². The molecule has 0 aliphatic heterocycles. The van der Waals surface area contributed by atoms with Gasteiger partial charge in [0, 0.05) is 11.6 Å². The summed E-state index contributed by atoms with van der Waals surface area (Å²) in [5.41, 5.74) is 7.34. The number of phenolic OH excluding ortho intramolecular Hbond substituents is 1. The largest absolute Gasteiger partial charge is 0.508 e. The smallest absolute Gasteiger partial charge is 0.307 e. The SMILES string of the molecule is COC(=O)C[C@@H](N)c1cc(C)ccc1O.Cl. The number of phenols is 1. The van der Waals surface area contributed by atoms with Crippen LogP contribution in [0.5, 0.6) is 5.75 Å². The highest BCUT2D eigenvalue weighted by atomic mass is 35.5. The fourth-order valence-corrected chi connectivity index (χ4v) is 1.34. The summed E-state index contributed by atoms with van der Waals surface area (Å²) in [6.45, 7) is 1.90. The molecule has 0 bridgehead atoms. The highest BCUT2D eigenvalue weighted by Gasteiger charge is 2.15. The van der Waals surface area contributed by atoms with E-state index in [4.69, 9.17) is 5.73 Å². The summed E-state index contributed by atoms with van der Waals surface area (Å²) in [4.78, 5) is 11.0. The lowest BCUT2D eigenvalue weighted by atomic mass is 10.0. The average Bonchev–Trinajstić information content (AvgIpc) is 2.21. The van der Waals surface area contributed by atoms with Gasteiger partial charge in [-0.2, -0.15) is 0 Å². The molecule has 0 saturated heterocycles. The van der Waals surface area contributed by atoms with Crippen LogP contribution in [0.4, 0.5) is 0 Å². The molecule has 0 spiro atoms. The third-order valence-electron chi connectivity index (χ3n) is 2.20. The number of rotatable bonds is 3. The zero-order valence-corrected chi connectivity index (χ0v) is 10.1. The van der Waals surface area contributed by atoms with E-state index in [-0.39, 0.29) is 30.5 Å². The number of halogens is 1. The van der Waals surface area contributed by atoms with Crippen molar-refractivity contribution in [3.05, 3.63) is 29.3 Å². The van der Waals surface area contributed by atoms with Crippen molar-refractivity contribution in [2.75, 3.05) is 7.11 Å². The van der Waals surface area contributed by atoms with Gasteiger partial charge in [-0.1, -0.05) is 17.7 Å². The maximum absolute atomic E-state index is 11.0. The van der Waals surface area contributed by atoms with Gasteiger partial charge < -0.3 is 15.6 Å². The van der Waals surface area contributed by atoms with E-state index >= 15 is 0 Å². The van der Waals surface area contributed by atoms with Gasteiger partial charge in [0.25, 0.3) is 0 Å². The van der Waals surface area contributed by atoms with Crippen LogP contribution in [0.25, 0.3) is 0 Å². The highest BCUT2D eigenvalue weighted by Crippen LogP contribution is 2.25. The van der Waals surface area contributed by atoms with Crippen LogP contribution in [0.1, 0.15) is 23.6 Å². The first kappa shape index (κ1) is 14.7. The molecule has 0 unspecified atom stereocenters. The second kappa shape index (κ2) is 6.35. The highest BCUT2D eigenvalue weighted by molar-refractivity contribution is 5.85. The number of carbonyl (C=O) groups excluding carboxylic acids is 1. The summed E-state index contributed by atoms with van der Waals surface area (Å²) in [6, 6.07) is 4.59. The number of aromatic hydroxyl groups is 1. The van der Waals surface area contributed by atoms with Crippen molar-refractivity contribution >= 4 is 18.4 Å². The van der Waals surface area contributed by atoms with E-state index in [1.54, 1.807) is 18.2 Å². The van der Waals surface area contributed by atoms with E-state index in [1.165, 1.54) is 7.11 Å². The van der Waals surface area contributed by atoms with Crippen LogP contribution in [0.2, 0.25) is 0 Å². The van der Waals surface area contributed by atoms with Crippen molar-refractivity contribution in [3.63, 3.8) is 0 Å². The van der Waals surface area contributed by atoms with Crippen molar-refractivity contribution in [3.8, 4) is 5.75 Å². The van der Waals surface area contributed by atoms with Crippen LogP contribution < -0.4 is 5.73 Å². The van der Waals surface area contributed by atoms with Crippen LogP contribution in [-0.4, -0.2) is 18.2 Å². The Morgan fingerprint density at radius 1 is 1.56 bits per heavy atom. The first-order valence-corrected chi connectivity index (χ1v) is 4.66. The van der Waals surface area contributed by atoms with Crippen LogP contribution in [0.15, 0.2) is 18.2 Å². The molecule has 0 aromatic heterocycles. The van der Waals surface area contributed by atoms with Gasteiger partial charge in [-0.3, -0.25) is 4.79 Å². The number of ether oxygens (including phenoxy) is 1. The number of methoxy groups -OCH3 is 1. The molecule has 3 N–H and O–H groups in total. The fourth-order valence-electron chi connectivity index (χ4n) is 1.34. The van der Waals surface area contributed by atoms with E-state index in [0.29, 0.717) is 5.56 Å². The summed E-state index contributed by atoms with van der Waals surface area (Å²) in [6.07, 6.45) is 0.0630. The first-order valence-electron chi connectivity index (χ1n) is 4.66. The molecule has 90 valence electrons. The Hall–Kier alpha value is -1.26. The number of aryl methyl sites for hydroxylation is 1. The molecule has 1 aromatic carbocycles. The Kier molecular flexibility index (Phi) is 5.85. The van der Waals surface area contributed by atoms with Gasteiger partial charge in [0.05, 0.1) is 13.5 Å². The Bertz CT molecular complexity index is 368. The summed E-state index contributed by atoms with van der Waals surface area (Å²) < 4.78 is 4.51. The van der Waals surface area contributed by atoms with Crippen molar-refractivity contribution < 1.29 is 14.6 Å². The molecular formula is C11H16ClNO3. The molecule has 5 heteroatoms. The molecule has 1 rings (SSSR count). The second-order valence-corrected chi connectivity index (χ2v) is 3.45. The molecule has 0 aliphatic carbocycles. The standard InChI is InChI=1S/C11H15NO3.ClH/c1-7-3-4-10(13)8(5-7)9(12)6-11(14)15-2;/h3-5,9,13H,6,12H2,1-2H3;1H/t9-;/m1./s1. The molecule has 4 nitrogen and oxygen atoms in total. The zero-order valence-electron chi connectivity index (χ0n) is 9.27. The van der Waals surface area contributed by atoms with Crippen LogP contribution in [-0.2, 0) is 9.53 Å². The van der Waals surface area contributed by atoms with Gasteiger partial charge >= 0.3 is 5.97 Å². The quantitative estimate of drug-likeness (QED) is 0.795. The maximum Gasteiger partial charge on any atom is 0.307 e. The monoisotopic (exact) mass is 245 g/mol. The molecule has 0 radical (unpaired) electrons. The minimum atomic E-state index is -0.530. The Morgan fingerprint density at radius 2 is 2.19 bits per heavy atom. The molecule has 1 aromatic rings. The van der Waals surface area contributed by atoms with Gasteiger partial charge in [0.15, 0.2) is 0 Å². The zero-order chi connectivity index (χ0) is 11.4. The second-order valence-electron chi connectivity index (χ2n) is 3.45. The summed E-state index contributed by atoms with van der Waals surface area (Å²) in [5.74, 6) is -0.277. The van der Waals surface area contributed by atoms with E-state index in [1.807, 2.05) is 6.92 Å². The lowest BCUT2D eigenvalue weighted by Crippen LogP contribution is -2.16. The minimum absolute atomic E-state index is 0. The molecule has 0 saturated carbocycles. The predicted molar refractivity (Wildman–Crippen MR) is 63.7 cm³/mol. The van der Waals surface area contributed by atoms with E-state index in [0.717, 1.165) is 5.56 Å².